The molecule has 0 saturated carbocycles. The fourth-order valence-corrected chi connectivity index (χ4v) is 2.70. The standard InChI is InChI=1S/C17H36O2/c1-3-5-7-9-10-12-14-17(19,15-16-18)13-11-8-6-4-2/h18-19H,3-16H2,1-2H3. The van der Waals surface area contributed by atoms with Gasteiger partial charge in [0.1, 0.15) is 0 Å². The van der Waals surface area contributed by atoms with E-state index < -0.39 is 5.60 Å². The van der Waals surface area contributed by atoms with Gasteiger partial charge in [0.15, 0.2) is 0 Å². The lowest BCUT2D eigenvalue weighted by Crippen LogP contribution is -2.30. The molecule has 0 aliphatic rings. The van der Waals surface area contributed by atoms with Gasteiger partial charge in [-0.25, -0.2) is 0 Å². The first kappa shape index (κ1) is 18.9. The Hall–Kier alpha value is -0.0800. The van der Waals surface area contributed by atoms with Gasteiger partial charge >= 0.3 is 0 Å². The second kappa shape index (κ2) is 12.9. The van der Waals surface area contributed by atoms with E-state index in [0.29, 0.717) is 6.42 Å². The van der Waals surface area contributed by atoms with Crippen molar-refractivity contribution in [2.45, 2.75) is 103 Å². The van der Waals surface area contributed by atoms with Crippen molar-refractivity contribution in [3.8, 4) is 0 Å². The molecule has 0 bridgehead atoms. The zero-order valence-corrected chi connectivity index (χ0v) is 13.3. The first-order valence-electron chi connectivity index (χ1n) is 8.51. The molecular formula is C17H36O2. The summed E-state index contributed by atoms with van der Waals surface area (Å²) in [5, 5.41) is 19.7. The minimum Gasteiger partial charge on any atom is -0.396 e. The minimum absolute atomic E-state index is 0.111. The number of hydrogen-bond acceptors (Lipinski definition) is 2. The third kappa shape index (κ3) is 11.4. The van der Waals surface area contributed by atoms with Crippen molar-refractivity contribution in [1.29, 1.82) is 0 Å². The third-order valence-corrected chi connectivity index (χ3v) is 4.07. The molecule has 0 fully saturated rings. The molecule has 2 nitrogen and oxygen atoms in total. The molecule has 2 heteroatoms. The monoisotopic (exact) mass is 272 g/mol. The average molecular weight is 272 g/mol. The van der Waals surface area contributed by atoms with Crippen LogP contribution in [0, 0.1) is 0 Å². The van der Waals surface area contributed by atoms with Crippen LogP contribution in [0.4, 0.5) is 0 Å². The van der Waals surface area contributed by atoms with Crippen molar-refractivity contribution < 1.29 is 10.2 Å². The molecule has 2 N–H and O–H groups in total. The molecule has 0 heterocycles. The number of unbranched alkanes of at least 4 members (excludes halogenated alkanes) is 8. The van der Waals surface area contributed by atoms with Crippen LogP contribution in [-0.4, -0.2) is 22.4 Å². The first-order valence-corrected chi connectivity index (χ1v) is 8.51. The van der Waals surface area contributed by atoms with Crippen LogP contribution in [0.3, 0.4) is 0 Å². The molecule has 0 aromatic rings. The molecule has 0 aromatic heterocycles. The van der Waals surface area contributed by atoms with Crippen LogP contribution in [0.1, 0.15) is 97.3 Å². The lowest BCUT2D eigenvalue weighted by Gasteiger charge is -2.27. The van der Waals surface area contributed by atoms with Gasteiger partial charge < -0.3 is 10.2 Å². The number of aliphatic hydroxyl groups is 2. The zero-order valence-electron chi connectivity index (χ0n) is 13.3. The quantitative estimate of drug-likeness (QED) is 0.445. The zero-order chi connectivity index (χ0) is 14.4. The van der Waals surface area contributed by atoms with Crippen LogP contribution in [0.25, 0.3) is 0 Å². The average Bonchev–Trinajstić information content (AvgIpc) is 2.39. The van der Waals surface area contributed by atoms with Gasteiger partial charge in [0.2, 0.25) is 0 Å². The highest BCUT2D eigenvalue weighted by Gasteiger charge is 2.24. The molecule has 0 rings (SSSR count). The van der Waals surface area contributed by atoms with Crippen molar-refractivity contribution in [3.63, 3.8) is 0 Å². The normalized spacial score (nSPS) is 14.5. The minimum atomic E-state index is -0.604. The van der Waals surface area contributed by atoms with Gasteiger partial charge in [-0.2, -0.15) is 0 Å². The second-order valence-electron chi connectivity index (χ2n) is 6.03. The molecule has 0 amide bonds. The molecule has 1 unspecified atom stereocenters. The number of rotatable bonds is 14. The molecule has 0 radical (unpaired) electrons. The Morgan fingerprint density at radius 3 is 1.53 bits per heavy atom. The van der Waals surface area contributed by atoms with Crippen LogP contribution in [-0.2, 0) is 0 Å². The smallest absolute Gasteiger partial charge is 0.0669 e. The number of hydrogen-bond donors (Lipinski definition) is 2. The summed E-state index contributed by atoms with van der Waals surface area (Å²) in [5.41, 5.74) is -0.604. The summed E-state index contributed by atoms with van der Waals surface area (Å²) in [7, 11) is 0. The van der Waals surface area contributed by atoms with E-state index in [0.717, 1.165) is 25.7 Å². The van der Waals surface area contributed by atoms with E-state index in [1.165, 1.54) is 51.4 Å². The number of aliphatic hydroxyl groups excluding tert-OH is 1. The molecule has 0 aromatic carbocycles. The van der Waals surface area contributed by atoms with Crippen molar-refractivity contribution in [3.05, 3.63) is 0 Å². The van der Waals surface area contributed by atoms with E-state index in [1.54, 1.807) is 0 Å². The Labute approximate surface area is 120 Å². The predicted octanol–water partition coefficient (Wildman–Crippen LogP) is 4.82. The van der Waals surface area contributed by atoms with Crippen LogP contribution in [0.15, 0.2) is 0 Å². The van der Waals surface area contributed by atoms with Gasteiger partial charge in [0.05, 0.1) is 5.60 Å². The van der Waals surface area contributed by atoms with E-state index >= 15 is 0 Å². The summed E-state index contributed by atoms with van der Waals surface area (Å²) < 4.78 is 0. The Morgan fingerprint density at radius 2 is 1.05 bits per heavy atom. The van der Waals surface area contributed by atoms with E-state index in [1.807, 2.05) is 0 Å². The van der Waals surface area contributed by atoms with Crippen LogP contribution in [0.5, 0.6) is 0 Å². The summed E-state index contributed by atoms with van der Waals surface area (Å²) in [6, 6.07) is 0. The first-order chi connectivity index (χ1) is 9.18. The molecule has 0 aliphatic heterocycles. The van der Waals surface area contributed by atoms with E-state index in [2.05, 4.69) is 13.8 Å². The topological polar surface area (TPSA) is 40.5 Å². The fourth-order valence-electron chi connectivity index (χ4n) is 2.70. The highest BCUT2D eigenvalue weighted by Crippen LogP contribution is 2.26. The lowest BCUT2D eigenvalue weighted by molar-refractivity contribution is -0.00407. The Kier molecular flexibility index (Phi) is 12.9. The molecule has 0 aliphatic carbocycles. The molecular weight excluding hydrogens is 236 g/mol. The van der Waals surface area contributed by atoms with E-state index in [-0.39, 0.29) is 6.61 Å². The highest BCUT2D eigenvalue weighted by molar-refractivity contribution is 4.78. The Morgan fingerprint density at radius 1 is 0.632 bits per heavy atom. The van der Waals surface area contributed by atoms with Crippen molar-refractivity contribution in [2.24, 2.45) is 0 Å². The Bertz CT molecular complexity index is 182. The molecule has 19 heavy (non-hydrogen) atoms. The SMILES string of the molecule is CCCCCCCCC(O)(CCO)CCCCCC. The van der Waals surface area contributed by atoms with Crippen molar-refractivity contribution in [1.82, 2.24) is 0 Å². The largest absolute Gasteiger partial charge is 0.396 e. The van der Waals surface area contributed by atoms with Crippen LogP contribution >= 0.6 is 0 Å². The van der Waals surface area contributed by atoms with Gasteiger partial charge in [0.25, 0.3) is 0 Å². The predicted molar refractivity (Wildman–Crippen MR) is 83.4 cm³/mol. The summed E-state index contributed by atoms with van der Waals surface area (Å²) in [6.45, 7) is 4.55. The molecule has 116 valence electrons. The molecule has 1 atom stereocenters. The third-order valence-electron chi connectivity index (χ3n) is 4.07. The maximum Gasteiger partial charge on any atom is 0.0669 e. The molecule has 0 saturated heterocycles. The second-order valence-corrected chi connectivity index (χ2v) is 6.03. The lowest BCUT2D eigenvalue weighted by atomic mass is 9.87. The Balaban J connectivity index is 3.74. The molecule has 0 spiro atoms. The van der Waals surface area contributed by atoms with Gasteiger partial charge in [-0.1, -0.05) is 78.1 Å². The summed E-state index contributed by atoms with van der Waals surface area (Å²) in [5.74, 6) is 0. The highest BCUT2D eigenvalue weighted by atomic mass is 16.3. The summed E-state index contributed by atoms with van der Waals surface area (Å²) in [6.07, 6.45) is 14.6. The van der Waals surface area contributed by atoms with E-state index in [4.69, 9.17) is 5.11 Å². The van der Waals surface area contributed by atoms with Gasteiger partial charge in [-0.05, 0) is 19.3 Å². The summed E-state index contributed by atoms with van der Waals surface area (Å²) in [4.78, 5) is 0. The summed E-state index contributed by atoms with van der Waals surface area (Å²) >= 11 is 0. The van der Waals surface area contributed by atoms with Gasteiger partial charge in [-0.3, -0.25) is 0 Å². The van der Waals surface area contributed by atoms with Gasteiger partial charge in [-0.15, -0.1) is 0 Å². The van der Waals surface area contributed by atoms with Gasteiger partial charge in [0, 0.05) is 6.61 Å². The van der Waals surface area contributed by atoms with Crippen molar-refractivity contribution >= 4 is 0 Å². The fraction of sp³-hybridized carbons (Fsp3) is 1.00. The maximum atomic E-state index is 10.6. The van der Waals surface area contributed by atoms with Crippen LogP contribution < -0.4 is 0 Å². The maximum absolute atomic E-state index is 10.6. The van der Waals surface area contributed by atoms with Crippen molar-refractivity contribution in [2.75, 3.05) is 6.61 Å². The van der Waals surface area contributed by atoms with E-state index in [9.17, 15) is 5.11 Å². The van der Waals surface area contributed by atoms with Crippen LogP contribution in [0.2, 0.25) is 0 Å².